The molecule has 0 spiro atoms. The van der Waals surface area contributed by atoms with E-state index in [0.29, 0.717) is 43.8 Å². The van der Waals surface area contributed by atoms with Crippen molar-refractivity contribution in [3.8, 4) is 0 Å². The van der Waals surface area contributed by atoms with E-state index in [0.717, 1.165) is 18.8 Å². The van der Waals surface area contributed by atoms with Crippen molar-refractivity contribution in [3.63, 3.8) is 0 Å². The third kappa shape index (κ3) is 5.47. The summed E-state index contributed by atoms with van der Waals surface area (Å²) in [6.45, 7) is 7.93. The Morgan fingerprint density at radius 2 is 1.71 bits per heavy atom. The van der Waals surface area contributed by atoms with Crippen LogP contribution in [0.3, 0.4) is 0 Å². The van der Waals surface area contributed by atoms with Crippen LogP contribution in [0.4, 0.5) is 0 Å². The van der Waals surface area contributed by atoms with Crippen LogP contribution in [-0.2, 0) is 14.3 Å². The second-order valence-corrected chi connectivity index (χ2v) is 8.80. The molecule has 0 radical (unpaired) electrons. The highest BCUT2D eigenvalue weighted by Gasteiger charge is 2.37. The first-order valence-electron chi connectivity index (χ1n) is 9.31. The number of carboxylic acid groups (broad SMARTS) is 1. The molecule has 1 heterocycles. The van der Waals surface area contributed by atoms with Gasteiger partial charge < -0.3 is 15.2 Å². The van der Waals surface area contributed by atoms with Gasteiger partial charge in [0.05, 0.1) is 12.0 Å². The Labute approximate surface area is 145 Å². The summed E-state index contributed by atoms with van der Waals surface area (Å²) in [5, 5.41) is 12.2. The Morgan fingerprint density at radius 1 is 1.12 bits per heavy atom. The number of carbonyl (C=O) groups excluding carboxylic acids is 1. The predicted octanol–water partition coefficient (Wildman–Crippen LogP) is 3.37. The molecule has 2 aliphatic rings. The van der Waals surface area contributed by atoms with Crippen LogP contribution in [0, 0.1) is 17.3 Å². The van der Waals surface area contributed by atoms with Crippen molar-refractivity contribution in [1.29, 1.82) is 0 Å². The van der Waals surface area contributed by atoms with Gasteiger partial charge in [0.2, 0.25) is 5.91 Å². The van der Waals surface area contributed by atoms with Crippen molar-refractivity contribution in [2.45, 2.75) is 77.7 Å². The highest BCUT2D eigenvalue weighted by atomic mass is 16.5. The molecule has 1 amide bonds. The molecular formula is C19H33NO4. The maximum atomic E-state index is 12.5. The number of hydrogen-bond acceptors (Lipinski definition) is 3. The lowest BCUT2D eigenvalue weighted by atomic mass is 9.69. The quantitative estimate of drug-likeness (QED) is 0.805. The second kappa shape index (κ2) is 7.85. The highest BCUT2D eigenvalue weighted by Crippen LogP contribution is 2.40. The van der Waals surface area contributed by atoms with Crippen molar-refractivity contribution in [2.24, 2.45) is 17.3 Å². The van der Waals surface area contributed by atoms with Gasteiger partial charge in [-0.1, -0.05) is 20.8 Å². The van der Waals surface area contributed by atoms with Crippen LogP contribution in [0.2, 0.25) is 0 Å². The van der Waals surface area contributed by atoms with Crippen molar-refractivity contribution in [1.82, 2.24) is 5.32 Å². The lowest BCUT2D eigenvalue weighted by Crippen LogP contribution is -2.53. The van der Waals surface area contributed by atoms with Gasteiger partial charge in [-0.3, -0.25) is 9.59 Å². The van der Waals surface area contributed by atoms with E-state index in [2.05, 4.69) is 26.1 Å². The molecule has 1 saturated heterocycles. The maximum absolute atomic E-state index is 12.5. The Morgan fingerprint density at radius 3 is 2.21 bits per heavy atom. The largest absolute Gasteiger partial charge is 0.481 e. The summed E-state index contributed by atoms with van der Waals surface area (Å²) in [5.41, 5.74) is -0.273. The summed E-state index contributed by atoms with van der Waals surface area (Å²) >= 11 is 0. The molecule has 2 fully saturated rings. The van der Waals surface area contributed by atoms with Gasteiger partial charge in [0.15, 0.2) is 0 Å². The minimum Gasteiger partial charge on any atom is -0.481 e. The van der Waals surface area contributed by atoms with E-state index in [1.54, 1.807) is 0 Å². The predicted molar refractivity (Wildman–Crippen MR) is 92.7 cm³/mol. The van der Waals surface area contributed by atoms with Gasteiger partial charge in [-0.15, -0.1) is 0 Å². The van der Waals surface area contributed by atoms with Crippen LogP contribution < -0.4 is 5.32 Å². The first-order valence-corrected chi connectivity index (χ1v) is 9.31. The van der Waals surface area contributed by atoms with Crippen molar-refractivity contribution in [2.75, 3.05) is 13.2 Å². The molecular weight excluding hydrogens is 306 g/mol. The van der Waals surface area contributed by atoms with Crippen LogP contribution in [0.15, 0.2) is 0 Å². The minimum absolute atomic E-state index is 0.0114. The van der Waals surface area contributed by atoms with E-state index in [4.69, 9.17) is 4.74 Å². The standard InChI is InChI=1S/C19H33NO4/c1-18(2,3)15-6-4-14(5-7-15)12-16(21)20-19(13-17(22)23)8-10-24-11-9-19/h14-15H,4-13H2,1-3H3,(H,20,21)(H,22,23). The topological polar surface area (TPSA) is 75.6 Å². The summed E-state index contributed by atoms with van der Waals surface area (Å²) in [4.78, 5) is 23.7. The first-order chi connectivity index (χ1) is 11.2. The molecule has 0 bridgehead atoms. The van der Waals surface area contributed by atoms with Gasteiger partial charge in [0.1, 0.15) is 0 Å². The number of amides is 1. The van der Waals surface area contributed by atoms with Gasteiger partial charge in [-0.05, 0) is 55.8 Å². The molecule has 2 rings (SSSR count). The van der Waals surface area contributed by atoms with Crippen molar-refractivity contribution >= 4 is 11.9 Å². The third-order valence-electron chi connectivity index (χ3n) is 5.89. The fraction of sp³-hybridized carbons (Fsp3) is 0.895. The van der Waals surface area contributed by atoms with Crippen molar-refractivity contribution < 1.29 is 19.4 Å². The minimum atomic E-state index is -0.858. The lowest BCUT2D eigenvalue weighted by molar-refractivity contribution is -0.140. The number of nitrogens with one attached hydrogen (secondary N) is 1. The van der Waals surface area contributed by atoms with Gasteiger partial charge in [0.25, 0.3) is 0 Å². The molecule has 138 valence electrons. The number of hydrogen-bond donors (Lipinski definition) is 2. The second-order valence-electron chi connectivity index (χ2n) is 8.80. The van der Waals surface area contributed by atoms with Crippen LogP contribution in [0.5, 0.6) is 0 Å². The lowest BCUT2D eigenvalue weighted by Gasteiger charge is -2.39. The van der Waals surface area contributed by atoms with Crippen LogP contribution >= 0.6 is 0 Å². The number of carboxylic acids is 1. The van der Waals surface area contributed by atoms with E-state index in [1.807, 2.05) is 0 Å². The number of rotatable bonds is 5. The molecule has 0 atom stereocenters. The fourth-order valence-corrected chi connectivity index (χ4v) is 4.24. The molecule has 5 nitrogen and oxygen atoms in total. The van der Waals surface area contributed by atoms with Crippen molar-refractivity contribution in [3.05, 3.63) is 0 Å². The Kier molecular flexibility index (Phi) is 6.29. The van der Waals surface area contributed by atoms with Gasteiger partial charge in [-0.25, -0.2) is 0 Å². The maximum Gasteiger partial charge on any atom is 0.305 e. The molecule has 0 unspecified atom stereocenters. The molecule has 1 aliphatic heterocycles. The zero-order valence-electron chi connectivity index (χ0n) is 15.4. The SMILES string of the molecule is CC(C)(C)C1CCC(CC(=O)NC2(CC(=O)O)CCOCC2)CC1. The van der Waals surface area contributed by atoms with Crippen LogP contribution in [-0.4, -0.2) is 35.7 Å². The van der Waals surface area contributed by atoms with Crippen LogP contribution in [0.25, 0.3) is 0 Å². The van der Waals surface area contributed by atoms with E-state index < -0.39 is 11.5 Å². The molecule has 5 heteroatoms. The Hall–Kier alpha value is -1.10. The fourth-order valence-electron chi connectivity index (χ4n) is 4.24. The summed E-state index contributed by atoms with van der Waals surface area (Å²) < 4.78 is 5.34. The molecule has 24 heavy (non-hydrogen) atoms. The number of ether oxygens (including phenoxy) is 1. The van der Waals surface area contributed by atoms with E-state index >= 15 is 0 Å². The number of carbonyl (C=O) groups is 2. The number of aliphatic carboxylic acids is 1. The highest BCUT2D eigenvalue weighted by molar-refractivity contribution is 5.78. The van der Waals surface area contributed by atoms with Gasteiger partial charge in [0, 0.05) is 19.6 Å². The smallest absolute Gasteiger partial charge is 0.305 e. The van der Waals surface area contributed by atoms with E-state index in [1.165, 1.54) is 12.8 Å². The third-order valence-corrected chi connectivity index (χ3v) is 5.89. The molecule has 0 aromatic heterocycles. The van der Waals surface area contributed by atoms with E-state index in [-0.39, 0.29) is 12.3 Å². The van der Waals surface area contributed by atoms with Crippen LogP contribution in [0.1, 0.15) is 72.1 Å². The molecule has 0 aromatic rings. The molecule has 2 N–H and O–H groups in total. The van der Waals surface area contributed by atoms with E-state index in [9.17, 15) is 14.7 Å². The van der Waals surface area contributed by atoms with Gasteiger partial charge >= 0.3 is 5.97 Å². The average molecular weight is 339 g/mol. The summed E-state index contributed by atoms with van der Waals surface area (Å²) in [7, 11) is 0. The Balaban J connectivity index is 1.84. The molecule has 1 aliphatic carbocycles. The molecule has 0 aromatic carbocycles. The van der Waals surface area contributed by atoms with Gasteiger partial charge in [-0.2, -0.15) is 0 Å². The first kappa shape index (κ1) is 19.2. The zero-order chi connectivity index (χ0) is 17.8. The normalized spacial score (nSPS) is 27.5. The Bertz CT molecular complexity index is 441. The summed E-state index contributed by atoms with van der Waals surface area (Å²) in [6.07, 6.45) is 6.27. The summed E-state index contributed by atoms with van der Waals surface area (Å²) in [6, 6.07) is 0. The molecule has 1 saturated carbocycles. The monoisotopic (exact) mass is 339 g/mol. The summed E-state index contributed by atoms with van der Waals surface area (Å²) in [5.74, 6) is 0.330. The average Bonchev–Trinajstić information content (AvgIpc) is 2.46. The zero-order valence-corrected chi connectivity index (χ0v) is 15.4.